The summed E-state index contributed by atoms with van der Waals surface area (Å²) in [6, 6.07) is 0. The highest BCUT2D eigenvalue weighted by Crippen LogP contribution is 2.63. The van der Waals surface area contributed by atoms with Crippen LogP contribution in [0.2, 0.25) is 0 Å². The normalized spacial score (nSPS) is 45.8. The molecule has 0 aromatic rings. The smallest absolute Gasteiger partial charge is 0.223 e. The first-order chi connectivity index (χ1) is 7.60. The molecule has 1 atom stereocenters. The maximum atomic E-state index is 12.1. The standard InChI is InChI=1S/C14H23NO/c1-10-8-13(9-10)11(2)12(16)15-14(13)6-4-3-5-7-14/h10-11H,3-9H2,1-2H3,(H,15,16). The summed E-state index contributed by atoms with van der Waals surface area (Å²) < 4.78 is 0. The first kappa shape index (κ1) is 10.6. The SMILES string of the molecule is CC1CC2(C1)C(C)C(=O)NC21CCCCC1. The summed E-state index contributed by atoms with van der Waals surface area (Å²) in [5, 5.41) is 3.39. The second-order valence-corrected chi connectivity index (χ2v) is 6.52. The predicted molar refractivity (Wildman–Crippen MR) is 64.0 cm³/mol. The molecule has 1 N–H and O–H groups in total. The van der Waals surface area contributed by atoms with Crippen LogP contribution in [0.25, 0.3) is 0 Å². The third-order valence-corrected chi connectivity index (χ3v) is 5.67. The summed E-state index contributed by atoms with van der Waals surface area (Å²) in [7, 11) is 0. The fourth-order valence-corrected chi connectivity index (χ4v) is 4.84. The zero-order valence-electron chi connectivity index (χ0n) is 10.5. The highest BCUT2D eigenvalue weighted by molar-refractivity contribution is 5.84. The average Bonchev–Trinajstić information content (AvgIpc) is 2.42. The number of carbonyl (C=O) groups is 1. The van der Waals surface area contributed by atoms with Crippen molar-refractivity contribution in [2.75, 3.05) is 0 Å². The van der Waals surface area contributed by atoms with Crippen LogP contribution in [0.1, 0.15) is 58.8 Å². The number of amides is 1. The van der Waals surface area contributed by atoms with Crippen molar-refractivity contribution < 1.29 is 4.79 Å². The summed E-state index contributed by atoms with van der Waals surface area (Å²) in [5.74, 6) is 1.41. The Bertz CT molecular complexity index is 305. The van der Waals surface area contributed by atoms with Crippen molar-refractivity contribution in [3.63, 3.8) is 0 Å². The fourth-order valence-electron chi connectivity index (χ4n) is 4.84. The van der Waals surface area contributed by atoms with Crippen LogP contribution in [0.5, 0.6) is 0 Å². The molecule has 1 amide bonds. The molecule has 0 aromatic carbocycles. The molecular weight excluding hydrogens is 198 g/mol. The van der Waals surface area contributed by atoms with Gasteiger partial charge in [0.2, 0.25) is 5.91 Å². The van der Waals surface area contributed by atoms with Crippen LogP contribution in [0.4, 0.5) is 0 Å². The molecule has 90 valence electrons. The van der Waals surface area contributed by atoms with Crippen molar-refractivity contribution in [2.24, 2.45) is 17.3 Å². The van der Waals surface area contributed by atoms with Crippen LogP contribution in [0.3, 0.4) is 0 Å². The van der Waals surface area contributed by atoms with E-state index in [0.717, 1.165) is 5.92 Å². The molecule has 1 aliphatic heterocycles. The zero-order chi connectivity index (χ0) is 11.4. The first-order valence-corrected chi connectivity index (χ1v) is 6.92. The van der Waals surface area contributed by atoms with Crippen molar-refractivity contribution in [3.05, 3.63) is 0 Å². The molecule has 3 fully saturated rings. The molecular formula is C14H23NO. The van der Waals surface area contributed by atoms with E-state index in [-0.39, 0.29) is 11.5 Å². The zero-order valence-corrected chi connectivity index (χ0v) is 10.5. The lowest BCUT2D eigenvalue weighted by Gasteiger charge is -2.57. The van der Waals surface area contributed by atoms with Crippen LogP contribution in [-0.2, 0) is 4.79 Å². The van der Waals surface area contributed by atoms with Gasteiger partial charge < -0.3 is 5.32 Å². The van der Waals surface area contributed by atoms with Crippen molar-refractivity contribution in [1.29, 1.82) is 0 Å². The predicted octanol–water partition coefficient (Wildman–Crippen LogP) is 2.87. The van der Waals surface area contributed by atoms with Gasteiger partial charge in [0, 0.05) is 16.9 Å². The van der Waals surface area contributed by atoms with Gasteiger partial charge in [0.25, 0.3) is 0 Å². The van der Waals surface area contributed by atoms with E-state index in [1.165, 1.54) is 44.9 Å². The van der Waals surface area contributed by atoms with Crippen LogP contribution in [-0.4, -0.2) is 11.4 Å². The molecule has 1 saturated heterocycles. The van der Waals surface area contributed by atoms with Gasteiger partial charge in [-0.2, -0.15) is 0 Å². The Balaban J connectivity index is 1.94. The summed E-state index contributed by atoms with van der Waals surface area (Å²) in [5.41, 5.74) is 0.512. The van der Waals surface area contributed by atoms with Crippen LogP contribution >= 0.6 is 0 Å². The van der Waals surface area contributed by atoms with E-state index in [1.807, 2.05) is 0 Å². The summed E-state index contributed by atoms with van der Waals surface area (Å²) in [4.78, 5) is 12.1. The molecule has 16 heavy (non-hydrogen) atoms. The average molecular weight is 221 g/mol. The monoisotopic (exact) mass is 221 g/mol. The molecule has 2 heteroatoms. The molecule has 2 saturated carbocycles. The number of hydrogen-bond acceptors (Lipinski definition) is 1. The van der Waals surface area contributed by atoms with E-state index in [4.69, 9.17) is 0 Å². The number of fused-ring (bicyclic) bond motifs is 1. The molecule has 1 heterocycles. The Morgan fingerprint density at radius 2 is 1.75 bits per heavy atom. The minimum absolute atomic E-state index is 0.189. The Labute approximate surface area is 98.2 Å². The van der Waals surface area contributed by atoms with Crippen LogP contribution < -0.4 is 5.32 Å². The third-order valence-electron chi connectivity index (χ3n) is 5.67. The molecule has 0 bridgehead atoms. The van der Waals surface area contributed by atoms with Gasteiger partial charge in [-0.05, 0) is 31.6 Å². The second kappa shape index (κ2) is 3.24. The Morgan fingerprint density at radius 3 is 2.31 bits per heavy atom. The quantitative estimate of drug-likeness (QED) is 0.669. The molecule has 2 nitrogen and oxygen atoms in total. The number of carbonyl (C=O) groups excluding carboxylic acids is 1. The maximum absolute atomic E-state index is 12.1. The Hall–Kier alpha value is -0.530. The van der Waals surface area contributed by atoms with E-state index in [9.17, 15) is 4.79 Å². The lowest BCUT2D eigenvalue weighted by Crippen LogP contribution is -2.59. The molecule has 1 unspecified atom stereocenters. The lowest BCUT2D eigenvalue weighted by atomic mass is 9.48. The van der Waals surface area contributed by atoms with Gasteiger partial charge in [-0.15, -0.1) is 0 Å². The number of rotatable bonds is 0. The van der Waals surface area contributed by atoms with Gasteiger partial charge in [0.1, 0.15) is 0 Å². The lowest BCUT2D eigenvalue weighted by molar-refractivity contribution is -0.125. The van der Waals surface area contributed by atoms with E-state index >= 15 is 0 Å². The third kappa shape index (κ3) is 1.11. The minimum Gasteiger partial charge on any atom is -0.350 e. The summed E-state index contributed by atoms with van der Waals surface area (Å²) in [6.45, 7) is 4.49. The van der Waals surface area contributed by atoms with Crippen LogP contribution in [0.15, 0.2) is 0 Å². The van der Waals surface area contributed by atoms with Gasteiger partial charge in [0.15, 0.2) is 0 Å². The topological polar surface area (TPSA) is 29.1 Å². The number of hydrogen-bond donors (Lipinski definition) is 1. The fraction of sp³-hybridized carbons (Fsp3) is 0.929. The highest BCUT2D eigenvalue weighted by atomic mass is 16.2. The van der Waals surface area contributed by atoms with Gasteiger partial charge >= 0.3 is 0 Å². The van der Waals surface area contributed by atoms with E-state index in [1.54, 1.807) is 0 Å². The molecule has 2 spiro atoms. The Kier molecular flexibility index (Phi) is 2.15. The van der Waals surface area contributed by atoms with Crippen molar-refractivity contribution >= 4 is 5.91 Å². The van der Waals surface area contributed by atoms with Gasteiger partial charge in [-0.3, -0.25) is 4.79 Å². The van der Waals surface area contributed by atoms with E-state index in [0.29, 0.717) is 11.3 Å². The van der Waals surface area contributed by atoms with Crippen molar-refractivity contribution in [3.8, 4) is 0 Å². The number of nitrogens with one attached hydrogen (secondary N) is 1. The second-order valence-electron chi connectivity index (χ2n) is 6.52. The van der Waals surface area contributed by atoms with Gasteiger partial charge in [-0.1, -0.05) is 33.1 Å². The van der Waals surface area contributed by atoms with Gasteiger partial charge in [-0.25, -0.2) is 0 Å². The summed E-state index contributed by atoms with van der Waals surface area (Å²) in [6.07, 6.45) is 8.98. The largest absolute Gasteiger partial charge is 0.350 e. The Morgan fingerprint density at radius 1 is 1.12 bits per heavy atom. The minimum atomic E-state index is 0.189. The molecule has 0 aromatic heterocycles. The summed E-state index contributed by atoms with van der Waals surface area (Å²) >= 11 is 0. The molecule has 3 aliphatic rings. The molecule has 0 radical (unpaired) electrons. The van der Waals surface area contributed by atoms with Crippen LogP contribution in [0, 0.1) is 17.3 Å². The molecule has 2 aliphatic carbocycles. The molecule has 3 rings (SSSR count). The highest BCUT2D eigenvalue weighted by Gasteiger charge is 2.65. The van der Waals surface area contributed by atoms with Gasteiger partial charge in [0.05, 0.1) is 0 Å². The van der Waals surface area contributed by atoms with Crippen molar-refractivity contribution in [2.45, 2.75) is 64.3 Å². The first-order valence-electron chi connectivity index (χ1n) is 6.92. The maximum Gasteiger partial charge on any atom is 0.223 e. The van der Waals surface area contributed by atoms with E-state index in [2.05, 4.69) is 19.2 Å². The van der Waals surface area contributed by atoms with E-state index < -0.39 is 0 Å². The van der Waals surface area contributed by atoms with Crippen molar-refractivity contribution in [1.82, 2.24) is 5.32 Å².